The van der Waals surface area contributed by atoms with Crippen LogP contribution in [0.25, 0.3) is 0 Å². The Bertz CT molecular complexity index is 913. The number of methoxy groups -OCH3 is 1. The van der Waals surface area contributed by atoms with Crippen molar-refractivity contribution in [2.45, 2.75) is 25.3 Å². The molecule has 0 radical (unpaired) electrons. The Morgan fingerprint density at radius 3 is 3.00 bits per heavy atom. The number of carbonyl (C=O) groups excluding carboxylic acids is 2. The van der Waals surface area contributed by atoms with Crippen LogP contribution in [-0.4, -0.2) is 33.7 Å². The third kappa shape index (κ3) is 2.39. The molecule has 2 aliphatic rings. The molecule has 128 valence electrons. The number of ketones is 1. The van der Waals surface area contributed by atoms with Gasteiger partial charge in [0.2, 0.25) is 0 Å². The van der Waals surface area contributed by atoms with Gasteiger partial charge in [0.05, 0.1) is 13.3 Å². The molecule has 7 heteroatoms. The molecular formula is C18H17N3O4. The lowest BCUT2D eigenvalue weighted by Gasteiger charge is -2.33. The minimum Gasteiger partial charge on any atom is -0.508 e. The number of nitrogens with zero attached hydrogens (tertiary/aromatic N) is 2. The molecular weight excluding hydrogens is 322 g/mol. The van der Waals surface area contributed by atoms with E-state index in [-0.39, 0.29) is 11.5 Å². The lowest BCUT2D eigenvalue weighted by molar-refractivity contribution is -0.116. The smallest absolute Gasteiger partial charge is 0.343 e. The third-order valence-corrected chi connectivity index (χ3v) is 4.63. The maximum absolute atomic E-state index is 12.6. The summed E-state index contributed by atoms with van der Waals surface area (Å²) >= 11 is 0. The normalized spacial score (nSPS) is 19.1. The van der Waals surface area contributed by atoms with Crippen molar-refractivity contribution in [1.29, 1.82) is 0 Å². The first-order valence-electron chi connectivity index (χ1n) is 8.08. The average molecular weight is 339 g/mol. The molecule has 0 saturated heterocycles. The Labute approximate surface area is 143 Å². The van der Waals surface area contributed by atoms with E-state index in [0.717, 1.165) is 24.1 Å². The summed E-state index contributed by atoms with van der Waals surface area (Å²) in [5, 5.41) is 17.4. The molecule has 0 spiro atoms. The number of hydrogen-bond donors (Lipinski definition) is 2. The van der Waals surface area contributed by atoms with E-state index in [4.69, 9.17) is 4.74 Å². The highest BCUT2D eigenvalue weighted by Crippen LogP contribution is 2.42. The van der Waals surface area contributed by atoms with Crippen molar-refractivity contribution in [2.75, 3.05) is 12.4 Å². The van der Waals surface area contributed by atoms with Crippen LogP contribution in [0.4, 0.5) is 5.82 Å². The van der Waals surface area contributed by atoms with Crippen LogP contribution in [0.15, 0.2) is 41.7 Å². The molecule has 2 heterocycles. The van der Waals surface area contributed by atoms with Gasteiger partial charge in [-0.3, -0.25) is 4.79 Å². The monoisotopic (exact) mass is 339 g/mol. The number of phenolic OH excluding ortho intramolecular Hbond substituents is 1. The van der Waals surface area contributed by atoms with Crippen molar-refractivity contribution in [3.05, 3.63) is 52.9 Å². The van der Waals surface area contributed by atoms with Gasteiger partial charge in [0.15, 0.2) is 5.78 Å². The molecule has 1 aliphatic heterocycles. The molecule has 25 heavy (non-hydrogen) atoms. The zero-order valence-corrected chi connectivity index (χ0v) is 13.7. The summed E-state index contributed by atoms with van der Waals surface area (Å²) < 4.78 is 6.44. The van der Waals surface area contributed by atoms with Gasteiger partial charge in [0, 0.05) is 17.7 Å². The second-order valence-electron chi connectivity index (χ2n) is 6.13. The van der Waals surface area contributed by atoms with E-state index >= 15 is 0 Å². The highest BCUT2D eigenvalue weighted by Gasteiger charge is 2.37. The van der Waals surface area contributed by atoms with E-state index in [1.54, 1.807) is 22.9 Å². The fraction of sp³-hybridized carbons (Fsp3) is 0.278. The molecule has 2 aromatic rings. The zero-order chi connectivity index (χ0) is 17.6. The van der Waals surface area contributed by atoms with E-state index in [1.807, 2.05) is 6.07 Å². The topological polar surface area (TPSA) is 93.5 Å². The average Bonchev–Trinajstić information content (AvgIpc) is 3.03. The first-order valence-corrected chi connectivity index (χ1v) is 8.08. The summed E-state index contributed by atoms with van der Waals surface area (Å²) in [6.45, 7) is 0. The highest BCUT2D eigenvalue weighted by molar-refractivity contribution is 6.01. The molecule has 0 bridgehead atoms. The van der Waals surface area contributed by atoms with Gasteiger partial charge in [-0.2, -0.15) is 5.10 Å². The van der Waals surface area contributed by atoms with Crippen LogP contribution in [0.1, 0.15) is 41.2 Å². The number of aromatic nitrogens is 2. The predicted octanol–water partition coefficient (Wildman–Crippen LogP) is 2.40. The summed E-state index contributed by atoms with van der Waals surface area (Å²) in [4.78, 5) is 24.6. The summed E-state index contributed by atoms with van der Waals surface area (Å²) in [5.74, 6) is 0.189. The van der Waals surface area contributed by atoms with Gasteiger partial charge < -0.3 is 15.2 Å². The minimum absolute atomic E-state index is 0.0582. The molecule has 0 amide bonds. The molecule has 7 nitrogen and oxygen atoms in total. The van der Waals surface area contributed by atoms with Crippen molar-refractivity contribution in [3.8, 4) is 5.75 Å². The van der Waals surface area contributed by atoms with E-state index in [0.29, 0.717) is 23.4 Å². The molecule has 1 aromatic carbocycles. The lowest BCUT2D eigenvalue weighted by atomic mass is 9.85. The fourth-order valence-electron chi connectivity index (χ4n) is 3.52. The van der Waals surface area contributed by atoms with Crippen molar-refractivity contribution >= 4 is 17.6 Å². The van der Waals surface area contributed by atoms with Gasteiger partial charge in [0.25, 0.3) is 0 Å². The van der Waals surface area contributed by atoms with E-state index < -0.39 is 12.0 Å². The van der Waals surface area contributed by atoms with Crippen LogP contribution in [0.2, 0.25) is 0 Å². The number of hydrogen-bond acceptors (Lipinski definition) is 6. The molecule has 1 aliphatic carbocycles. The number of allylic oxidation sites excluding steroid dienone is 2. The number of aromatic hydroxyl groups is 1. The number of nitrogens with one attached hydrogen (secondary N) is 1. The second-order valence-corrected chi connectivity index (χ2v) is 6.13. The number of fused-ring (bicyclic) bond motifs is 1. The number of benzene rings is 1. The lowest BCUT2D eigenvalue weighted by Crippen LogP contribution is -2.31. The van der Waals surface area contributed by atoms with Crippen LogP contribution in [-0.2, 0) is 9.53 Å². The zero-order valence-electron chi connectivity index (χ0n) is 13.7. The molecule has 0 unspecified atom stereocenters. The first kappa shape index (κ1) is 15.4. The number of rotatable bonds is 2. The maximum Gasteiger partial charge on any atom is 0.343 e. The summed E-state index contributed by atoms with van der Waals surface area (Å²) in [7, 11) is 1.32. The Morgan fingerprint density at radius 1 is 1.40 bits per heavy atom. The Hall–Kier alpha value is -3.09. The summed E-state index contributed by atoms with van der Waals surface area (Å²) in [6, 6.07) is 6.28. The van der Waals surface area contributed by atoms with Gasteiger partial charge in [-0.05, 0) is 30.5 Å². The van der Waals surface area contributed by atoms with Crippen LogP contribution in [0.5, 0.6) is 5.75 Å². The Balaban J connectivity index is 1.93. The number of carbonyl (C=O) groups is 2. The van der Waals surface area contributed by atoms with Crippen LogP contribution in [0, 0.1) is 0 Å². The van der Waals surface area contributed by atoms with Gasteiger partial charge in [0.1, 0.15) is 23.2 Å². The van der Waals surface area contributed by atoms with Gasteiger partial charge in [-0.25, -0.2) is 9.48 Å². The number of phenols is 1. The molecule has 4 rings (SSSR count). The minimum atomic E-state index is -0.491. The standard InChI is InChI=1S/C18H17N3O4/c1-25-18(24)12-9-19-21-16(10-4-2-5-11(22)8-10)15-13(20-17(12)21)6-3-7-14(15)23/h2,4-5,8-9,16,20,22H,3,6-7H2,1H3/t16-/m1/s1. The van der Waals surface area contributed by atoms with E-state index in [9.17, 15) is 14.7 Å². The fourth-order valence-corrected chi connectivity index (χ4v) is 3.52. The maximum atomic E-state index is 12.6. The van der Waals surface area contributed by atoms with E-state index in [1.165, 1.54) is 13.3 Å². The summed E-state index contributed by atoms with van der Waals surface area (Å²) in [5.41, 5.74) is 2.51. The molecule has 1 aromatic heterocycles. The molecule has 0 fully saturated rings. The van der Waals surface area contributed by atoms with Crippen LogP contribution in [0.3, 0.4) is 0 Å². The number of ether oxygens (including phenoxy) is 1. The predicted molar refractivity (Wildman–Crippen MR) is 89.3 cm³/mol. The highest BCUT2D eigenvalue weighted by atomic mass is 16.5. The SMILES string of the molecule is COC(=O)c1cnn2c1NC1=C(C(=O)CCC1)[C@H]2c1cccc(O)c1. The molecule has 2 N–H and O–H groups in total. The van der Waals surface area contributed by atoms with Crippen molar-refractivity contribution in [1.82, 2.24) is 9.78 Å². The van der Waals surface area contributed by atoms with Crippen LogP contribution < -0.4 is 5.32 Å². The largest absolute Gasteiger partial charge is 0.508 e. The number of esters is 1. The van der Waals surface area contributed by atoms with Gasteiger partial charge in [-0.15, -0.1) is 0 Å². The number of anilines is 1. The Morgan fingerprint density at radius 2 is 2.24 bits per heavy atom. The Kier molecular flexibility index (Phi) is 3.56. The first-order chi connectivity index (χ1) is 12.1. The molecule has 1 atom stereocenters. The van der Waals surface area contributed by atoms with Crippen molar-refractivity contribution in [3.63, 3.8) is 0 Å². The van der Waals surface area contributed by atoms with E-state index in [2.05, 4.69) is 10.4 Å². The van der Waals surface area contributed by atoms with Crippen molar-refractivity contribution < 1.29 is 19.4 Å². The van der Waals surface area contributed by atoms with Gasteiger partial charge in [-0.1, -0.05) is 12.1 Å². The quantitative estimate of drug-likeness (QED) is 0.816. The molecule has 0 saturated carbocycles. The van der Waals surface area contributed by atoms with Crippen LogP contribution >= 0.6 is 0 Å². The van der Waals surface area contributed by atoms with Gasteiger partial charge >= 0.3 is 5.97 Å². The second kappa shape index (κ2) is 5.77. The summed E-state index contributed by atoms with van der Waals surface area (Å²) in [6.07, 6.45) is 3.41. The van der Waals surface area contributed by atoms with Crippen molar-refractivity contribution in [2.24, 2.45) is 0 Å². The third-order valence-electron chi connectivity index (χ3n) is 4.63. The number of Topliss-reactive ketones (excluding diaryl/α,β-unsaturated/α-hetero) is 1.